The molecule has 126 valence electrons. The smallest absolute Gasteiger partial charge is 0.312 e. The summed E-state index contributed by atoms with van der Waals surface area (Å²) in [7, 11) is -3.84. The van der Waals surface area contributed by atoms with Gasteiger partial charge in [0.2, 0.25) is 0 Å². The fraction of sp³-hybridized carbons (Fsp3) is 0.235. The number of sulfone groups is 1. The topological polar surface area (TPSA) is 97.5 Å². The summed E-state index contributed by atoms with van der Waals surface area (Å²) >= 11 is 5.98. The predicted octanol–water partition coefficient (Wildman–Crippen LogP) is 2.31. The molecule has 7 heteroatoms. The first kappa shape index (κ1) is 17.0. The summed E-state index contributed by atoms with van der Waals surface area (Å²) in [6.07, 6.45) is 0. The Labute approximate surface area is 145 Å². The molecular formula is C17H16ClNO4S. The van der Waals surface area contributed by atoms with Crippen LogP contribution in [0.15, 0.2) is 59.5 Å². The van der Waals surface area contributed by atoms with E-state index in [0.717, 1.165) is 0 Å². The average Bonchev–Trinajstić information content (AvgIpc) is 3.27. The van der Waals surface area contributed by atoms with Gasteiger partial charge in [-0.3, -0.25) is 4.79 Å². The minimum atomic E-state index is -3.84. The standard InChI is InChI=1S/C17H16ClNO4S/c18-12-6-4-5-11(9-12)14-15(17(14,10-19)16(20)21)24(22,23)13-7-2-1-3-8-13/h1-9,14-15H,10,19H2,(H,20,21). The summed E-state index contributed by atoms with van der Waals surface area (Å²) in [5.74, 6) is -1.94. The van der Waals surface area contributed by atoms with Crippen molar-refractivity contribution in [3.63, 3.8) is 0 Å². The summed E-state index contributed by atoms with van der Waals surface area (Å²) in [5, 5.41) is 9.01. The zero-order valence-electron chi connectivity index (χ0n) is 12.6. The van der Waals surface area contributed by atoms with Gasteiger partial charge in [0.05, 0.1) is 10.1 Å². The Morgan fingerprint density at radius 2 is 1.83 bits per heavy atom. The summed E-state index contributed by atoms with van der Waals surface area (Å²) in [6.45, 7) is -0.268. The highest BCUT2D eigenvalue weighted by Crippen LogP contribution is 2.63. The van der Waals surface area contributed by atoms with Gasteiger partial charge in [-0.1, -0.05) is 41.9 Å². The minimum Gasteiger partial charge on any atom is -0.481 e. The van der Waals surface area contributed by atoms with Crippen LogP contribution < -0.4 is 5.73 Å². The average molecular weight is 366 g/mol. The zero-order chi connectivity index (χ0) is 17.5. The number of carbonyl (C=O) groups is 1. The molecule has 5 nitrogen and oxygen atoms in total. The van der Waals surface area contributed by atoms with Crippen molar-refractivity contribution in [1.82, 2.24) is 0 Å². The van der Waals surface area contributed by atoms with Crippen LogP contribution in [0, 0.1) is 5.41 Å². The minimum absolute atomic E-state index is 0.0959. The molecule has 0 bridgehead atoms. The molecule has 1 aliphatic carbocycles. The molecule has 1 saturated carbocycles. The number of carboxylic acid groups (broad SMARTS) is 1. The van der Waals surface area contributed by atoms with Gasteiger partial charge in [0.15, 0.2) is 9.84 Å². The van der Waals surface area contributed by atoms with Gasteiger partial charge in [-0.15, -0.1) is 0 Å². The van der Waals surface area contributed by atoms with E-state index < -0.39 is 32.4 Å². The van der Waals surface area contributed by atoms with Gasteiger partial charge in [0.1, 0.15) is 5.41 Å². The number of nitrogens with two attached hydrogens (primary N) is 1. The van der Waals surface area contributed by atoms with Gasteiger partial charge < -0.3 is 10.8 Å². The van der Waals surface area contributed by atoms with Crippen LogP contribution in [0.25, 0.3) is 0 Å². The molecule has 1 aliphatic rings. The van der Waals surface area contributed by atoms with Gasteiger partial charge in [-0.2, -0.15) is 0 Å². The Morgan fingerprint density at radius 1 is 1.17 bits per heavy atom. The van der Waals surface area contributed by atoms with Crippen LogP contribution in [-0.4, -0.2) is 31.3 Å². The molecule has 0 spiro atoms. The second kappa shape index (κ2) is 5.88. The third-order valence-electron chi connectivity index (χ3n) is 4.61. The molecule has 3 N–H and O–H groups in total. The van der Waals surface area contributed by atoms with Crippen LogP contribution in [-0.2, 0) is 14.6 Å². The fourth-order valence-electron chi connectivity index (χ4n) is 3.37. The Kier molecular flexibility index (Phi) is 4.15. The molecule has 24 heavy (non-hydrogen) atoms. The molecule has 0 aromatic heterocycles. The van der Waals surface area contributed by atoms with E-state index >= 15 is 0 Å². The first-order valence-electron chi connectivity index (χ1n) is 7.33. The van der Waals surface area contributed by atoms with Gasteiger partial charge >= 0.3 is 5.97 Å². The third-order valence-corrected chi connectivity index (χ3v) is 7.13. The van der Waals surface area contributed by atoms with E-state index in [0.29, 0.717) is 10.6 Å². The van der Waals surface area contributed by atoms with Crippen LogP contribution in [0.3, 0.4) is 0 Å². The quantitative estimate of drug-likeness (QED) is 0.847. The van der Waals surface area contributed by atoms with Crippen molar-refractivity contribution in [1.29, 1.82) is 0 Å². The lowest BCUT2D eigenvalue weighted by molar-refractivity contribution is -0.143. The van der Waals surface area contributed by atoms with Crippen molar-refractivity contribution < 1.29 is 18.3 Å². The highest BCUT2D eigenvalue weighted by atomic mass is 35.5. The van der Waals surface area contributed by atoms with Crippen molar-refractivity contribution in [2.75, 3.05) is 6.54 Å². The largest absolute Gasteiger partial charge is 0.481 e. The van der Waals surface area contributed by atoms with E-state index in [1.807, 2.05) is 0 Å². The van der Waals surface area contributed by atoms with Gasteiger partial charge in [0, 0.05) is 17.5 Å². The number of benzene rings is 2. The van der Waals surface area contributed by atoms with E-state index in [1.165, 1.54) is 12.1 Å². The fourth-order valence-corrected chi connectivity index (χ4v) is 5.98. The maximum Gasteiger partial charge on any atom is 0.312 e. The second-order valence-corrected chi connectivity index (χ2v) is 8.37. The normalized spacial score (nSPS) is 26.1. The van der Waals surface area contributed by atoms with E-state index in [9.17, 15) is 18.3 Å². The van der Waals surface area contributed by atoms with Crippen LogP contribution in [0.1, 0.15) is 11.5 Å². The number of hydrogen-bond acceptors (Lipinski definition) is 4. The Balaban J connectivity index is 2.13. The summed E-state index contributed by atoms with van der Waals surface area (Å²) in [4.78, 5) is 12.0. The zero-order valence-corrected chi connectivity index (χ0v) is 14.2. The molecule has 3 atom stereocenters. The molecule has 3 rings (SSSR count). The third kappa shape index (κ3) is 2.42. The Morgan fingerprint density at radius 3 is 2.38 bits per heavy atom. The van der Waals surface area contributed by atoms with E-state index in [2.05, 4.69) is 0 Å². The number of carboxylic acids is 1. The highest BCUT2D eigenvalue weighted by Gasteiger charge is 2.75. The molecule has 0 heterocycles. The van der Waals surface area contributed by atoms with Crippen LogP contribution >= 0.6 is 11.6 Å². The SMILES string of the molecule is NCC1(C(=O)O)C(c2cccc(Cl)c2)C1S(=O)(=O)c1ccccc1. The second-order valence-electron chi connectivity index (χ2n) is 5.86. The van der Waals surface area contributed by atoms with Crippen molar-refractivity contribution in [3.05, 3.63) is 65.2 Å². The highest BCUT2D eigenvalue weighted by molar-refractivity contribution is 7.92. The first-order valence-corrected chi connectivity index (χ1v) is 9.26. The van der Waals surface area contributed by atoms with Crippen LogP contribution in [0.5, 0.6) is 0 Å². The van der Waals surface area contributed by atoms with Gasteiger partial charge in [-0.05, 0) is 29.8 Å². The van der Waals surface area contributed by atoms with E-state index in [-0.39, 0.29) is 11.4 Å². The van der Waals surface area contributed by atoms with Crippen LogP contribution in [0.2, 0.25) is 5.02 Å². The Bertz CT molecular complexity index is 884. The molecule has 0 radical (unpaired) electrons. The van der Waals surface area contributed by atoms with Crippen molar-refractivity contribution in [2.24, 2.45) is 11.1 Å². The maximum absolute atomic E-state index is 13.0. The van der Waals surface area contributed by atoms with Gasteiger partial charge in [0.25, 0.3) is 0 Å². The lowest BCUT2D eigenvalue weighted by Crippen LogP contribution is -2.31. The maximum atomic E-state index is 13.0. The number of halogens is 1. The first-order chi connectivity index (χ1) is 11.4. The van der Waals surface area contributed by atoms with Crippen molar-refractivity contribution in [2.45, 2.75) is 16.1 Å². The monoisotopic (exact) mass is 365 g/mol. The number of aliphatic carboxylic acids is 1. The molecule has 2 aromatic carbocycles. The summed E-state index contributed by atoms with van der Waals surface area (Å²) < 4.78 is 26.0. The molecular weight excluding hydrogens is 350 g/mol. The van der Waals surface area contributed by atoms with Gasteiger partial charge in [-0.25, -0.2) is 8.42 Å². The Hall–Kier alpha value is -1.89. The molecule has 0 saturated heterocycles. The lowest BCUT2D eigenvalue weighted by atomic mass is 9.99. The van der Waals surface area contributed by atoms with Crippen LogP contribution in [0.4, 0.5) is 0 Å². The predicted molar refractivity (Wildman–Crippen MR) is 90.7 cm³/mol. The van der Waals surface area contributed by atoms with Crippen molar-refractivity contribution in [3.8, 4) is 0 Å². The molecule has 3 unspecified atom stereocenters. The lowest BCUT2D eigenvalue weighted by Gasteiger charge is -2.10. The molecule has 0 amide bonds. The molecule has 1 fully saturated rings. The van der Waals surface area contributed by atoms with Crippen molar-refractivity contribution >= 4 is 27.4 Å². The van der Waals surface area contributed by atoms with E-state index in [1.54, 1.807) is 42.5 Å². The number of rotatable bonds is 5. The molecule has 0 aliphatic heterocycles. The van der Waals surface area contributed by atoms with E-state index in [4.69, 9.17) is 17.3 Å². The number of hydrogen-bond donors (Lipinski definition) is 2. The summed E-state index contributed by atoms with van der Waals surface area (Å²) in [5.41, 5.74) is 4.75. The summed E-state index contributed by atoms with van der Waals surface area (Å²) in [6, 6.07) is 14.4. The molecule has 2 aromatic rings.